The van der Waals surface area contributed by atoms with Crippen molar-refractivity contribution in [1.29, 1.82) is 0 Å². The van der Waals surface area contributed by atoms with E-state index in [9.17, 15) is 9.59 Å². The number of methoxy groups -OCH3 is 1. The quantitative estimate of drug-likeness (QED) is 0.680. The second kappa shape index (κ2) is 11.0. The Balaban J connectivity index is 1.33. The minimum absolute atomic E-state index is 0.111. The SMILES string of the molecule is COc1ccc(CCC2CCN(C(=O)CCNC(=O)c3ccc(Cl)cc3)CC2)cc1. The first kappa shape index (κ1) is 22.2. The van der Waals surface area contributed by atoms with E-state index in [1.165, 1.54) is 5.56 Å². The van der Waals surface area contributed by atoms with Crippen molar-refractivity contribution >= 4 is 23.4 Å². The highest BCUT2D eigenvalue weighted by atomic mass is 35.5. The van der Waals surface area contributed by atoms with Crippen LogP contribution in [-0.2, 0) is 11.2 Å². The van der Waals surface area contributed by atoms with Gasteiger partial charge in [0.1, 0.15) is 5.75 Å². The summed E-state index contributed by atoms with van der Waals surface area (Å²) in [6.07, 6.45) is 4.61. The second-order valence-electron chi connectivity index (χ2n) is 7.72. The van der Waals surface area contributed by atoms with Gasteiger partial charge in [0.25, 0.3) is 5.91 Å². The number of carbonyl (C=O) groups is 2. The third-order valence-corrected chi connectivity index (χ3v) is 5.95. The molecule has 1 fully saturated rings. The van der Waals surface area contributed by atoms with Crippen LogP contribution in [-0.4, -0.2) is 43.5 Å². The Morgan fingerprint density at radius 2 is 1.73 bits per heavy atom. The molecule has 0 bridgehead atoms. The van der Waals surface area contributed by atoms with Crippen LogP contribution >= 0.6 is 11.6 Å². The normalized spacial score (nSPS) is 14.4. The zero-order chi connectivity index (χ0) is 21.3. The minimum atomic E-state index is -0.184. The molecule has 0 unspecified atom stereocenters. The van der Waals surface area contributed by atoms with Gasteiger partial charge < -0.3 is 15.0 Å². The topological polar surface area (TPSA) is 58.6 Å². The molecule has 1 aliphatic heterocycles. The number of hydrogen-bond donors (Lipinski definition) is 1. The monoisotopic (exact) mass is 428 g/mol. The van der Waals surface area contributed by atoms with Crippen molar-refractivity contribution in [2.24, 2.45) is 5.92 Å². The zero-order valence-electron chi connectivity index (χ0n) is 17.4. The molecule has 6 heteroatoms. The summed E-state index contributed by atoms with van der Waals surface area (Å²) >= 11 is 5.83. The fourth-order valence-corrected chi connectivity index (χ4v) is 3.90. The first-order valence-corrected chi connectivity index (χ1v) is 10.9. The Hall–Kier alpha value is -2.53. The molecular weight excluding hydrogens is 400 g/mol. The molecule has 2 amide bonds. The number of hydrogen-bond acceptors (Lipinski definition) is 3. The summed E-state index contributed by atoms with van der Waals surface area (Å²) in [5.74, 6) is 1.47. The van der Waals surface area contributed by atoms with Crippen molar-refractivity contribution in [3.05, 3.63) is 64.7 Å². The number of likely N-dealkylation sites (tertiary alicyclic amines) is 1. The maximum Gasteiger partial charge on any atom is 0.251 e. The summed E-state index contributed by atoms with van der Waals surface area (Å²) in [6, 6.07) is 15.0. The molecule has 0 radical (unpaired) electrons. The highest BCUT2D eigenvalue weighted by Crippen LogP contribution is 2.23. The Bertz CT molecular complexity index is 829. The maximum absolute atomic E-state index is 12.5. The number of rotatable bonds is 8. The molecule has 160 valence electrons. The molecular formula is C24H29ClN2O3. The lowest BCUT2D eigenvalue weighted by Crippen LogP contribution is -2.40. The van der Waals surface area contributed by atoms with E-state index in [1.54, 1.807) is 31.4 Å². The van der Waals surface area contributed by atoms with Crippen LogP contribution < -0.4 is 10.1 Å². The predicted octanol–water partition coefficient (Wildman–Crippen LogP) is 4.34. The van der Waals surface area contributed by atoms with Gasteiger partial charge in [-0.05, 0) is 73.6 Å². The summed E-state index contributed by atoms with van der Waals surface area (Å²) in [5, 5.41) is 3.40. The highest BCUT2D eigenvalue weighted by Gasteiger charge is 2.22. The summed E-state index contributed by atoms with van der Waals surface area (Å²) in [7, 11) is 1.68. The van der Waals surface area contributed by atoms with Crippen molar-refractivity contribution in [3.8, 4) is 5.75 Å². The first-order valence-electron chi connectivity index (χ1n) is 10.5. The number of piperidine rings is 1. The van der Waals surface area contributed by atoms with E-state index in [0.29, 0.717) is 29.5 Å². The number of nitrogens with one attached hydrogen (secondary N) is 1. The Kier molecular flexibility index (Phi) is 8.14. The smallest absolute Gasteiger partial charge is 0.251 e. The lowest BCUT2D eigenvalue weighted by atomic mass is 9.90. The zero-order valence-corrected chi connectivity index (χ0v) is 18.2. The molecule has 1 aliphatic rings. The molecule has 0 aromatic heterocycles. The highest BCUT2D eigenvalue weighted by molar-refractivity contribution is 6.30. The number of nitrogens with zero attached hydrogens (tertiary/aromatic N) is 1. The average molecular weight is 429 g/mol. The van der Waals surface area contributed by atoms with Gasteiger partial charge >= 0.3 is 0 Å². The van der Waals surface area contributed by atoms with Gasteiger partial charge in [0.2, 0.25) is 5.91 Å². The number of benzene rings is 2. The number of ether oxygens (including phenoxy) is 1. The maximum atomic E-state index is 12.5. The average Bonchev–Trinajstić information content (AvgIpc) is 2.78. The lowest BCUT2D eigenvalue weighted by molar-refractivity contribution is -0.132. The molecule has 5 nitrogen and oxygen atoms in total. The van der Waals surface area contributed by atoms with Crippen LogP contribution in [0.4, 0.5) is 0 Å². The van der Waals surface area contributed by atoms with Crippen molar-refractivity contribution < 1.29 is 14.3 Å². The largest absolute Gasteiger partial charge is 0.497 e. The van der Waals surface area contributed by atoms with Crippen LogP contribution in [0.3, 0.4) is 0 Å². The molecule has 3 rings (SSSR count). The molecule has 1 heterocycles. The van der Waals surface area contributed by atoms with Gasteiger partial charge in [-0.15, -0.1) is 0 Å². The predicted molar refractivity (Wildman–Crippen MR) is 119 cm³/mol. The Morgan fingerprint density at radius 1 is 1.07 bits per heavy atom. The lowest BCUT2D eigenvalue weighted by Gasteiger charge is -2.32. The van der Waals surface area contributed by atoms with Gasteiger partial charge in [0.15, 0.2) is 0 Å². The molecule has 2 aromatic rings. The third-order valence-electron chi connectivity index (χ3n) is 5.70. The summed E-state index contributed by atoms with van der Waals surface area (Å²) in [4.78, 5) is 26.5. The molecule has 0 saturated carbocycles. The van der Waals surface area contributed by atoms with E-state index >= 15 is 0 Å². The summed E-state index contributed by atoms with van der Waals surface area (Å²) in [5.41, 5.74) is 1.87. The molecule has 0 aliphatic carbocycles. The summed E-state index contributed by atoms with van der Waals surface area (Å²) < 4.78 is 5.20. The minimum Gasteiger partial charge on any atom is -0.497 e. The van der Waals surface area contributed by atoms with E-state index in [4.69, 9.17) is 16.3 Å². The summed E-state index contributed by atoms with van der Waals surface area (Å²) in [6.45, 7) is 1.95. The standard InChI is InChI=1S/C24H29ClN2O3/c1-30-22-10-4-18(5-11-22)2-3-19-13-16-27(17-14-19)23(28)12-15-26-24(29)20-6-8-21(25)9-7-20/h4-11,19H,2-3,12-17H2,1H3,(H,26,29). The Labute approximate surface area is 183 Å². The molecule has 30 heavy (non-hydrogen) atoms. The van der Waals surface area contributed by atoms with Crippen LogP contribution in [0.15, 0.2) is 48.5 Å². The van der Waals surface area contributed by atoms with Gasteiger partial charge in [-0.3, -0.25) is 9.59 Å². The molecule has 1 N–H and O–H groups in total. The number of halogens is 1. The van der Waals surface area contributed by atoms with E-state index in [2.05, 4.69) is 17.4 Å². The van der Waals surface area contributed by atoms with E-state index < -0.39 is 0 Å². The molecule has 0 spiro atoms. The van der Waals surface area contributed by atoms with Gasteiger partial charge in [0, 0.05) is 36.6 Å². The van der Waals surface area contributed by atoms with Crippen molar-refractivity contribution in [3.63, 3.8) is 0 Å². The number of amides is 2. The van der Waals surface area contributed by atoms with E-state index in [-0.39, 0.29) is 11.8 Å². The van der Waals surface area contributed by atoms with Crippen LogP contribution in [0, 0.1) is 5.92 Å². The van der Waals surface area contributed by atoms with E-state index in [1.807, 2.05) is 17.0 Å². The fraction of sp³-hybridized carbons (Fsp3) is 0.417. The van der Waals surface area contributed by atoms with Crippen LogP contribution in [0.2, 0.25) is 5.02 Å². The van der Waals surface area contributed by atoms with Crippen LogP contribution in [0.1, 0.15) is 41.6 Å². The van der Waals surface area contributed by atoms with Gasteiger partial charge in [-0.1, -0.05) is 23.7 Å². The first-order chi connectivity index (χ1) is 14.5. The van der Waals surface area contributed by atoms with E-state index in [0.717, 1.165) is 44.5 Å². The van der Waals surface area contributed by atoms with Crippen molar-refractivity contribution in [2.75, 3.05) is 26.7 Å². The second-order valence-corrected chi connectivity index (χ2v) is 8.16. The van der Waals surface area contributed by atoms with Crippen molar-refractivity contribution in [1.82, 2.24) is 10.2 Å². The van der Waals surface area contributed by atoms with Crippen LogP contribution in [0.25, 0.3) is 0 Å². The van der Waals surface area contributed by atoms with Gasteiger partial charge in [-0.2, -0.15) is 0 Å². The van der Waals surface area contributed by atoms with Gasteiger partial charge in [-0.25, -0.2) is 0 Å². The number of carbonyl (C=O) groups excluding carboxylic acids is 2. The van der Waals surface area contributed by atoms with Crippen LogP contribution in [0.5, 0.6) is 5.75 Å². The third kappa shape index (κ3) is 6.49. The number of aryl methyl sites for hydroxylation is 1. The molecule has 1 saturated heterocycles. The molecule has 2 aromatic carbocycles. The van der Waals surface area contributed by atoms with Crippen molar-refractivity contribution in [2.45, 2.75) is 32.1 Å². The fourth-order valence-electron chi connectivity index (χ4n) is 3.78. The molecule has 0 atom stereocenters. The van der Waals surface area contributed by atoms with Gasteiger partial charge in [0.05, 0.1) is 7.11 Å². The Morgan fingerprint density at radius 3 is 2.37 bits per heavy atom.